The van der Waals surface area contributed by atoms with E-state index in [1.54, 1.807) is 0 Å². The van der Waals surface area contributed by atoms with Gasteiger partial charge in [-0.05, 0) is 12.8 Å². The summed E-state index contributed by atoms with van der Waals surface area (Å²) in [6.07, 6.45) is 13.5. The Hall–Kier alpha value is -0.0400. The second-order valence-electron chi connectivity index (χ2n) is 4.65. The Morgan fingerprint density at radius 1 is 0.733 bits per heavy atom. The molecule has 0 aliphatic rings. The molecule has 1 radical (unpaired) electrons. The van der Waals surface area contributed by atoms with Gasteiger partial charge in [-0.1, -0.05) is 71.6 Å². The molecule has 1 nitrogen and oxygen atoms in total. The van der Waals surface area contributed by atoms with Crippen molar-refractivity contribution in [3.8, 4) is 0 Å². The molecule has 1 heteroatoms. The van der Waals surface area contributed by atoms with E-state index in [9.17, 15) is 5.11 Å². The smallest absolute Gasteiger partial charge is 0.0927 e. The molecule has 0 heterocycles. The Morgan fingerprint density at radius 2 is 1.20 bits per heavy atom. The maximum absolute atomic E-state index is 11.1. The minimum absolute atomic E-state index is 0.297. The Bertz CT molecular complexity index is 112. The van der Waals surface area contributed by atoms with Gasteiger partial charge in [-0.15, -0.1) is 0 Å². The number of hydrogen-bond donors (Lipinski definition) is 0. The molecule has 0 saturated carbocycles. The molecule has 0 saturated heterocycles. The first-order valence-electron chi connectivity index (χ1n) is 6.97. The molecule has 0 aliphatic heterocycles. The van der Waals surface area contributed by atoms with Gasteiger partial charge in [-0.25, -0.2) is 5.11 Å². The van der Waals surface area contributed by atoms with E-state index in [4.69, 9.17) is 0 Å². The molecular weight excluding hydrogens is 184 g/mol. The van der Waals surface area contributed by atoms with Crippen LogP contribution in [0.1, 0.15) is 84.5 Å². The van der Waals surface area contributed by atoms with Crippen molar-refractivity contribution in [2.75, 3.05) is 0 Å². The third kappa shape index (κ3) is 11.9. The summed E-state index contributed by atoms with van der Waals surface area (Å²) in [4.78, 5) is 0. The lowest BCUT2D eigenvalue weighted by atomic mass is 10.0. The Kier molecular flexibility index (Phi) is 12.0. The van der Waals surface area contributed by atoms with E-state index in [1.165, 1.54) is 51.4 Å². The largest absolute Gasteiger partial charge is 0.233 e. The van der Waals surface area contributed by atoms with Crippen LogP contribution in [0.5, 0.6) is 0 Å². The SMILES string of the molecule is CCCCCCCCCCCC([O])CC. The minimum atomic E-state index is -0.297. The maximum Gasteiger partial charge on any atom is 0.0927 e. The summed E-state index contributed by atoms with van der Waals surface area (Å²) in [5.41, 5.74) is 0. The third-order valence-corrected chi connectivity index (χ3v) is 3.08. The Labute approximate surface area is 96.3 Å². The van der Waals surface area contributed by atoms with Gasteiger partial charge in [-0.3, -0.25) is 0 Å². The average molecular weight is 213 g/mol. The van der Waals surface area contributed by atoms with Crippen molar-refractivity contribution in [3.05, 3.63) is 0 Å². The lowest BCUT2D eigenvalue weighted by Gasteiger charge is -2.04. The average Bonchev–Trinajstić information content (AvgIpc) is 2.26. The van der Waals surface area contributed by atoms with Gasteiger partial charge >= 0.3 is 0 Å². The van der Waals surface area contributed by atoms with Crippen LogP contribution in [0.3, 0.4) is 0 Å². The first-order chi connectivity index (χ1) is 7.31. The van der Waals surface area contributed by atoms with Crippen molar-refractivity contribution in [3.63, 3.8) is 0 Å². The van der Waals surface area contributed by atoms with E-state index >= 15 is 0 Å². The van der Waals surface area contributed by atoms with Gasteiger partial charge in [0.05, 0.1) is 6.10 Å². The lowest BCUT2D eigenvalue weighted by Crippen LogP contribution is -2.01. The highest BCUT2D eigenvalue weighted by Crippen LogP contribution is 2.12. The molecular formula is C14H29O. The molecule has 0 aliphatic carbocycles. The van der Waals surface area contributed by atoms with Crippen LogP contribution < -0.4 is 0 Å². The molecule has 0 fully saturated rings. The van der Waals surface area contributed by atoms with Gasteiger partial charge in [0.25, 0.3) is 0 Å². The zero-order valence-corrected chi connectivity index (χ0v) is 10.8. The van der Waals surface area contributed by atoms with Gasteiger partial charge < -0.3 is 0 Å². The van der Waals surface area contributed by atoms with Crippen molar-refractivity contribution in [2.45, 2.75) is 90.6 Å². The summed E-state index contributed by atoms with van der Waals surface area (Å²) < 4.78 is 0. The van der Waals surface area contributed by atoms with Crippen LogP contribution in [-0.4, -0.2) is 6.10 Å². The summed E-state index contributed by atoms with van der Waals surface area (Å²) in [6, 6.07) is 0. The zero-order chi connectivity index (χ0) is 11.4. The normalized spacial score (nSPS) is 13.0. The molecule has 0 aromatic heterocycles. The van der Waals surface area contributed by atoms with E-state index < -0.39 is 0 Å². The molecule has 0 aromatic rings. The Morgan fingerprint density at radius 3 is 1.67 bits per heavy atom. The lowest BCUT2D eigenvalue weighted by molar-refractivity contribution is 0.0755. The quantitative estimate of drug-likeness (QED) is 0.425. The summed E-state index contributed by atoms with van der Waals surface area (Å²) in [6.45, 7) is 4.25. The highest BCUT2D eigenvalue weighted by atomic mass is 16.3. The van der Waals surface area contributed by atoms with Gasteiger partial charge in [-0.2, -0.15) is 0 Å². The van der Waals surface area contributed by atoms with E-state index in [-0.39, 0.29) is 6.10 Å². The predicted molar refractivity (Wildman–Crippen MR) is 66.6 cm³/mol. The van der Waals surface area contributed by atoms with Crippen LogP contribution in [0, 0.1) is 0 Å². The summed E-state index contributed by atoms with van der Waals surface area (Å²) in [5, 5.41) is 11.1. The zero-order valence-electron chi connectivity index (χ0n) is 10.8. The second kappa shape index (κ2) is 12.0. The second-order valence-corrected chi connectivity index (χ2v) is 4.65. The molecule has 0 bridgehead atoms. The number of unbranched alkanes of at least 4 members (excludes halogenated alkanes) is 8. The fourth-order valence-corrected chi connectivity index (χ4v) is 1.89. The van der Waals surface area contributed by atoms with E-state index in [0.29, 0.717) is 0 Å². The first kappa shape index (κ1) is 15.0. The van der Waals surface area contributed by atoms with Crippen molar-refractivity contribution in [2.24, 2.45) is 0 Å². The maximum atomic E-state index is 11.1. The fraction of sp³-hybridized carbons (Fsp3) is 1.00. The van der Waals surface area contributed by atoms with Crippen molar-refractivity contribution in [1.82, 2.24) is 0 Å². The van der Waals surface area contributed by atoms with Crippen molar-refractivity contribution in [1.29, 1.82) is 0 Å². The topological polar surface area (TPSA) is 19.9 Å². The Balaban J connectivity index is 2.92. The van der Waals surface area contributed by atoms with Crippen LogP contribution in [0.2, 0.25) is 0 Å². The monoisotopic (exact) mass is 213 g/mol. The summed E-state index contributed by atoms with van der Waals surface area (Å²) in [7, 11) is 0. The molecule has 0 amide bonds. The van der Waals surface area contributed by atoms with E-state index in [2.05, 4.69) is 6.92 Å². The summed E-state index contributed by atoms with van der Waals surface area (Å²) in [5.74, 6) is 0. The van der Waals surface area contributed by atoms with Crippen LogP contribution in [-0.2, 0) is 5.11 Å². The molecule has 0 spiro atoms. The van der Waals surface area contributed by atoms with Crippen molar-refractivity contribution < 1.29 is 5.11 Å². The number of rotatable bonds is 11. The van der Waals surface area contributed by atoms with Gasteiger partial charge in [0, 0.05) is 0 Å². The molecule has 0 rings (SSSR count). The molecule has 0 aromatic carbocycles. The molecule has 91 valence electrons. The van der Waals surface area contributed by atoms with Crippen molar-refractivity contribution >= 4 is 0 Å². The molecule has 1 atom stereocenters. The van der Waals surface area contributed by atoms with Gasteiger partial charge in [0.2, 0.25) is 0 Å². The third-order valence-electron chi connectivity index (χ3n) is 3.08. The standard InChI is InChI=1S/C14H29O/c1-3-5-6-7-8-9-10-11-12-13-14(15)4-2/h14H,3-13H2,1-2H3. The van der Waals surface area contributed by atoms with Gasteiger partial charge in [0.1, 0.15) is 0 Å². The van der Waals surface area contributed by atoms with E-state index in [0.717, 1.165) is 19.3 Å². The van der Waals surface area contributed by atoms with Crippen LogP contribution in [0.15, 0.2) is 0 Å². The van der Waals surface area contributed by atoms with Crippen LogP contribution in [0.25, 0.3) is 0 Å². The van der Waals surface area contributed by atoms with Crippen LogP contribution in [0.4, 0.5) is 0 Å². The fourth-order valence-electron chi connectivity index (χ4n) is 1.89. The van der Waals surface area contributed by atoms with Crippen LogP contribution >= 0.6 is 0 Å². The van der Waals surface area contributed by atoms with E-state index in [1.807, 2.05) is 6.92 Å². The summed E-state index contributed by atoms with van der Waals surface area (Å²) >= 11 is 0. The first-order valence-corrected chi connectivity index (χ1v) is 6.97. The molecule has 15 heavy (non-hydrogen) atoms. The molecule has 0 N–H and O–H groups in total. The molecule has 1 unspecified atom stereocenters. The number of hydrogen-bond acceptors (Lipinski definition) is 0. The minimum Gasteiger partial charge on any atom is -0.233 e. The predicted octanol–water partition coefficient (Wildman–Crippen LogP) is 5.12. The van der Waals surface area contributed by atoms with Gasteiger partial charge in [0.15, 0.2) is 0 Å². The highest BCUT2D eigenvalue weighted by Gasteiger charge is 2.01. The highest BCUT2D eigenvalue weighted by molar-refractivity contribution is 4.53.